The van der Waals surface area contributed by atoms with E-state index in [0.717, 1.165) is 11.1 Å². The van der Waals surface area contributed by atoms with Crippen LogP contribution in [0.3, 0.4) is 0 Å². The third kappa shape index (κ3) is 3.41. The van der Waals surface area contributed by atoms with Crippen LogP contribution in [0.2, 0.25) is 5.02 Å². The van der Waals surface area contributed by atoms with Crippen molar-refractivity contribution in [2.24, 2.45) is 0 Å². The number of ketones is 1. The monoisotopic (exact) mass is 324 g/mol. The minimum absolute atomic E-state index is 0.0105. The Kier molecular flexibility index (Phi) is 4.13. The Morgan fingerprint density at radius 3 is 2.74 bits per heavy atom. The molecule has 0 saturated carbocycles. The number of hydrogen-bond donors (Lipinski definition) is 0. The van der Waals surface area contributed by atoms with Crippen molar-refractivity contribution < 1.29 is 9.21 Å². The van der Waals surface area contributed by atoms with E-state index < -0.39 is 11.4 Å². The van der Waals surface area contributed by atoms with E-state index in [1.807, 2.05) is 31.2 Å². The fraction of sp³-hybridized carbons (Fsp3) is 0.0526. The van der Waals surface area contributed by atoms with Crippen molar-refractivity contribution in [1.82, 2.24) is 0 Å². The van der Waals surface area contributed by atoms with Crippen LogP contribution in [-0.4, -0.2) is 5.78 Å². The summed E-state index contributed by atoms with van der Waals surface area (Å²) < 4.78 is 5.17. The van der Waals surface area contributed by atoms with Crippen molar-refractivity contribution in [3.8, 4) is 0 Å². The molecule has 4 heteroatoms. The van der Waals surface area contributed by atoms with Gasteiger partial charge in [-0.3, -0.25) is 4.79 Å². The first kappa shape index (κ1) is 15.3. The highest BCUT2D eigenvalue weighted by atomic mass is 35.5. The van der Waals surface area contributed by atoms with E-state index in [0.29, 0.717) is 16.0 Å². The van der Waals surface area contributed by atoms with Gasteiger partial charge in [0.05, 0.1) is 0 Å². The van der Waals surface area contributed by atoms with Gasteiger partial charge in [0.25, 0.3) is 0 Å². The Morgan fingerprint density at radius 1 is 1.13 bits per heavy atom. The van der Waals surface area contributed by atoms with E-state index in [-0.39, 0.29) is 5.56 Å². The summed E-state index contributed by atoms with van der Waals surface area (Å²) in [6.07, 6.45) is 3.05. The largest absolute Gasteiger partial charge is 0.422 e. The lowest BCUT2D eigenvalue weighted by atomic mass is 10.1. The van der Waals surface area contributed by atoms with Crippen LogP contribution in [0, 0.1) is 6.92 Å². The maximum Gasteiger partial charge on any atom is 0.347 e. The SMILES string of the molecule is Cc1cccc(C=CC(=O)c2cc3cc(Cl)ccc3oc2=O)c1. The summed E-state index contributed by atoms with van der Waals surface area (Å²) in [5.41, 5.74) is 1.73. The Morgan fingerprint density at radius 2 is 1.96 bits per heavy atom. The molecule has 1 heterocycles. The van der Waals surface area contributed by atoms with E-state index in [4.69, 9.17) is 16.0 Å². The lowest BCUT2D eigenvalue weighted by Crippen LogP contribution is -2.11. The summed E-state index contributed by atoms with van der Waals surface area (Å²) in [4.78, 5) is 24.2. The molecule has 0 saturated heterocycles. The molecule has 0 bridgehead atoms. The molecule has 3 nitrogen and oxygen atoms in total. The fourth-order valence-electron chi connectivity index (χ4n) is 2.30. The van der Waals surface area contributed by atoms with Crippen molar-refractivity contribution in [3.05, 3.63) is 86.7 Å². The number of carbonyl (C=O) groups is 1. The van der Waals surface area contributed by atoms with Gasteiger partial charge in [-0.15, -0.1) is 0 Å². The second-order valence-corrected chi connectivity index (χ2v) is 5.68. The van der Waals surface area contributed by atoms with Crippen molar-refractivity contribution in [3.63, 3.8) is 0 Å². The molecule has 0 unspecified atom stereocenters. The van der Waals surface area contributed by atoms with E-state index in [9.17, 15) is 9.59 Å². The minimum Gasteiger partial charge on any atom is -0.422 e. The second-order valence-electron chi connectivity index (χ2n) is 5.24. The Hall–Kier alpha value is -2.65. The van der Waals surface area contributed by atoms with Gasteiger partial charge in [-0.05, 0) is 42.8 Å². The first-order valence-corrected chi connectivity index (χ1v) is 7.43. The lowest BCUT2D eigenvalue weighted by molar-refractivity contribution is 0.104. The van der Waals surface area contributed by atoms with Gasteiger partial charge in [0.15, 0.2) is 5.78 Å². The molecule has 3 rings (SSSR count). The summed E-state index contributed by atoms with van der Waals surface area (Å²) in [6.45, 7) is 1.97. The zero-order valence-corrected chi connectivity index (χ0v) is 13.1. The average Bonchev–Trinajstić information content (AvgIpc) is 2.52. The van der Waals surface area contributed by atoms with Crippen LogP contribution in [0.15, 0.2) is 63.8 Å². The van der Waals surface area contributed by atoms with Crippen LogP contribution >= 0.6 is 11.6 Å². The third-order valence-corrected chi connectivity index (χ3v) is 3.66. The lowest BCUT2D eigenvalue weighted by Gasteiger charge is -2.00. The number of benzene rings is 2. The highest BCUT2D eigenvalue weighted by Gasteiger charge is 2.11. The highest BCUT2D eigenvalue weighted by molar-refractivity contribution is 6.31. The van der Waals surface area contributed by atoms with Gasteiger partial charge in [0.2, 0.25) is 0 Å². The molecule has 2 aromatic carbocycles. The van der Waals surface area contributed by atoms with E-state index in [2.05, 4.69) is 0 Å². The highest BCUT2D eigenvalue weighted by Crippen LogP contribution is 2.19. The molecule has 0 aliphatic rings. The van der Waals surface area contributed by atoms with Gasteiger partial charge in [-0.25, -0.2) is 4.79 Å². The van der Waals surface area contributed by atoms with Gasteiger partial charge in [0, 0.05) is 10.4 Å². The van der Waals surface area contributed by atoms with E-state index >= 15 is 0 Å². The number of halogens is 1. The van der Waals surface area contributed by atoms with Crippen LogP contribution in [0.1, 0.15) is 21.5 Å². The molecule has 0 N–H and O–H groups in total. The van der Waals surface area contributed by atoms with Gasteiger partial charge >= 0.3 is 5.63 Å². The van der Waals surface area contributed by atoms with Crippen LogP contribution < -0.4 is 5.63 Å². The quantitative estimate of drug-likeness (QED) is 0.400. The predicted octanol–water partition coefficient (Wildman–Crippen LogP) is 4.65. The summed E-state index contributed by atoms with van der Waals surface area (Å²) in [6, 6.07) is 14.1. The Bertz CT molecular complexity index is 983. The summed E-state index contributed by atoms with van der Waals surface area (Å²) in [5.74, 6) is -0.401. The molecular weight excluding hydrogens is 312 g/mol. The predicted molar refractivity (Wildman–Crippen MR) is 92.0 cm³/mol. The molecule has 0 aliphatic heterocycles. The number of rotatable bonds is 3. The second kappa shape index (κ2) is 6.23. The van der Waals surface area contributed by atoms with Crippen LogP contribution in [-0.2, 0) is 0 Å². The normalized spacial score (nSPS) is 11.2. The zero-order chi connectivity index (χ0) is 16.4. The van der Waals surface area contributed by atoms with Crippen molar-refractivity contribution >= 4 is 34.4 Å². The molecule has 3 aromatic rings. The smallest absolute Gasteiger partial charge is 0.347 e. The molecule has 0 amide bonds. The molecule has 0 aliphatic carbocycles. The van der Waals surface area contributed by atoms with Gasteiger partial charge < -0.3 is 4.42 Å². The fourth-order valence-corrected chi connectivity index (χ4v) is 2.48. The molecule has 114 valence electrons. The number of aryl methyl sites for hydroxylation is 1. The first-order chi connectivity index (χ1) is 11.0. The van der Waals surface area contributed by atoms with Crippen molar-refractivity contribution in [1.29, 1.82) is 0 Å². The van der Waals surface area contributed by atoms with Gasteiger partial charge in [-0.1, -0.05) is 47.5 Å². The Labute approximate surface area is 137 Å². The van der Waals surface area contributed by atoms with Crippen LogP contribution in [0.25, 0.3) is 17.0 Å². The molecule has 0 spiro atoms. The van der Waals surface area contributed by atoms with E-state index in [1.54, 1.807) is 24.3 Å². The number of carbonyl (C=O) groups excluding carboxylic acids is 1. The first-order valence-electron chi connectivity index (χ1n) is 7.05. The number of fused-ring (bicyclic) bond motifs is 1. The van der Waals surface area contributed by atoms with Crippen LogP contribution in [0.5, 0.6) is 0 Å². The summed E-state index contributed by atoms with van der Waals surface area (Å²) >= 11 is 5.93. The van der Waals surface area contributed by atoms with Gasteiger partial charge in [0.1, 0.15) is 11.1 Å². The summed E-state index contributed by atoms with van der Waals surface area (Å²) in [5, 5.41) is 1.13. The third-order valence-electron chi connectivity index (χ3n) is 3.43. The molecule has 0 radical (unpaired) electrons. The number of hydrogen-bond acceptors (Lipinski definition) is 3. The topological polar surface area (TPSA) is 47.3 Å². The maximum atomic E-state index is 12.3. The molecule has 23 heavy (non-hydrogen) atoms. The average molecular weight is 325 g/mol. The van der Waals surface area contributed by atoms with Crippen LogP contribution in [0.4, 0.5) is 0 Å². The summed E-state index contributed by atoms with van der Waals surface area (Å²) in [7, 11) is 0. The van der Waals surface area contributed by atoms with Gasteiger partial charge in [-0.2, -0.15) is 0 Å². The zero-order valence-electron chi connectivity index (χ0n) is 12.4. The number of allylic oxidation sites excluding steroid dienone is 1. The Balaban J connectivity index is 1.97. The maximum absolute atomic E-state index is 12.3. The molecular formula is C19H13ClO3. The molecule has 1 aromatic heterocycles. The molecule has 0 fully saturated rings. The standard InChI is InChI=1S/C19H13ClO3/c1-12-3-2-4-13(9-12)5-7-17(21)16-11-14-10-15(20)6-8-18(14)23-19(16)22/h2-11H,1H3. The molecule has 0 atom stereocenters. The minimum atomic E-state index is -0.654. The van der Waals surface area contributed by atoms with Crippen molar-refractivity contribution in [2.45, 2.75) is 6.92 Å². The van der Waals surface area contributed by atoms with Crippen molar-refractivity contribution in [2.75, 3.05) is 0 Å². The van der Waals surface area contributed by atoms with E-state index in [1.165, 1.54) is 12.1 Å².